The average Bonchev–Trinajstić information content (AvgIpc) is 3.13. The first-order chi connectivity index (χ1) is 14.2. The van der Waals surface area contributed by atoms with Gasteiger partial charge in [0.2, 0.25) is 5.89 Å². The number of imidazole rings is 1. The monoisotopic (exact) mass is 393 g/mol. The Balaban J connectivity index is 1.43. The van der Waals surface area contributed by atoms with E-state index in [0.717, 1.165) is 29.7 Å². The Kier molecular flexibility index (Phi) is 3.37. The van der Waals surface area contributed by atoms with Gasteiger partial charge in [0.15, 0.2) is 0 Å². The molecule has 1 aliphatic carbocycles. The lowest BCUT2D eigenvalue weighted by Gasteiger charge is -2.32. The summed E-state index contributed by atoms with van der Waals surface area (Å²) in [6.07, 6.45) is 5.56. The Morgan fingerprint density at radius 1 is 1.28 bits per heavy atom. The van der Waals surface area contributed by atoms with Crippen LogP contribution >= 0.6 is 0 Å². The van der Waals surface area contributed by atoms with E-state index in [-0.39, 0.29) is 23.5 Å². The standard InChI is InChI=1S/C19H16FN7O2/c20-11-3-4-12-7-14(25-27(12)8-11)16-15-13(21-9-22-15)5-6-26(16)19(28)18-24-23-17(29-18)10-1-2-10/h3-4,7-10,16H,1-2,5-6H2,(H,21,22)/t16-/m0/s1. The van der Waals surface area contributed by atoms with E-state index in [0.29, 0.717) is 24.6 Å². The van der Waals surface area contributed by atoms with E-state index in [1.165, 1.54) is 16.8 Å². The van der Waals surface area contributed by atoms with Crippen molar-refractivity contribution < 1.29 is 13.6 Å². The van der Waals surface area contributed by atoms with Crippen molar-refractivity contribution >= 4 is 11.4 Å². The third-order valence-corrected chi connectivity index (χ3v) is 5.46. The molecule has 1 aliphatic heterocycles. The number of aromatic nitrogens is 6. The van der Waals surface area contributed by atoms with Crippen LogP contribution in [0.2, 0.25) is 0 Å². The second-order valence-electron chi connectivity index (χ2n) is 7.42. The molecule has 146 valence electrons. The first-order valence-corrected chi connectivity index (χ1v) is 9.49. The molecule has 0 radical (unpaired) electrons. The molecule has 1 N–H and O–H groups in total. The Labute approximate surface area is 163 Å². The number of hydrogen-bond donors (Lipinski definition) is 1. The molecule has 1 saturated carbocycles. The minimum absolute atomic E-state index is 0.0225. The normalized spacial score (nSPS) is 18.9. The van der Waals surface area contributed by atoms with Gasteiger partial charge in [0.1, 0.15) is 11.9 Å². The van der Waals surface area contributed by atoms with Crippen molar-refractivity contribution in [2.45, 2.75) is 31.2 Å². The summed E-state index contributed by atoms with van der Waals surface area (Å²) in [4.78, 5) is 22.4. The highest BCUT2D eigenvalue weighted by atomic mass is 19.1. The molecule has 4 aromatic heterocycles. The van der Waals surface area contributed by atoms with Crippen molar-refractivity contribution in [3.8, 4) is 0 Å². The number of rotatable bonds is 3. The van der Waals surface area contributed by atoms with Gasteiger partial charge in [0.05, 0.1) is 29.4 Å². The van der Waals surface area contributed by atoms with E-state index in [9.17, 15) is 9.18 Å². The minimum atomic E-state index is -0.531. The summed E-state index contributed by atoms with van der Waals surface area (Å²) in [5.74, 6) is 0.0256. The molecule has 29 heavy (non-hydrogen) atoms. The zero-order chi connectivity index (χ0) is 19.5. The van der Waals surface area contributed by atoms with Crippen LogP contribution in [0.4, 0.5) is 4.39 Å². The maximum absolute atomic E-state index is 13.6. The Morgan fingerprint density at radius 2 is 2.17 bits per heavy atom. The highest BCUT2D eigenvalue weighted by Crippen LogP contribution is 2.39. The van der Waals surface area contributed by atoms with E-state index < -0.39 is 6.04 Å². The molecule has 5 heterocycles. The van der Waals surface area contributed by atoms with Crippen molar-refractivity contribution in [3.05, 3.63) is 65.4 Å². The zero-order valence-electron chi connectivity index (χ0n) is 15.2. The average molecular weight is 393 g/mol. The van der Waals surface area contributed by atoms with Gasteiger partial charge >= 0.3 is 11.8 Å². The Hall–Kier alpha value is -3.56. The number of carbonyl (C=O) groups excluding carboxylic acids is 1. The van der Waals surface area contributed by atoms with Gasteiger partial charge in [-0.2, -0.15) is 5.10 Å². The number of hydrogen-bond acceptors (Lipinski definition) is 6. The number of H-pyrrole nitrogens is 1. The molecule has 1 atom stereocenters. The molecule has 0 spiro atoms. The summed E-state index contributed by atoms with van der Waals surface area (Å²) in [6.45, 7) is 0.446. The lowest BCUT2D eigenvalue weighted by atomic mass is 9.99. The molecular weight excluding hydrogens is 377 g/mol. The maximum atomic E-state index is 13.6. The topological polar surface area (TPSA) is 105 Å². The highest BCUT2D eigenvalue weighted by molar-refractivity contribution is 5.90. The van der Waals surface area contributed by atoms with E-state index in [4.69, 9.17) is 4.42 Å². The van der Waals surface area contributed by atoms with Gasteiger partial charge in [0.25, 0.3) is 0 Å². The highest BCUT2D eigenvalue weighted by Gasteiger charge is 2.39. The zero-order valence-corrected chi connectivity index (χ0v) is 15.2. The number of aromatic amines is 1. The van der Waals surface area contributed by atoms with Gasteiger partial charge < -0.3 is 14.3 Å². The summed E-state index contributed by atoms with van der Waals surface area (Å²) in [5.41, 5.74) is 2.99. The second kappa shape index (κ2) is 5.97. The van der Waals surface area contributed by atoms with Crippen LogP contribution in [0.15, 0.2) is 35.1 Å². The van der Waals surface area contributed by atoms with Crippen LogP contribution in [0.25, 0.3) is 5.52 Å². The first kappa shape index (κ1) is 16.4. The Bertz CT molecular complexity index is 1240. The molecule has 0 unspecified atom stereocenters. The Morgan fingerprint density at radius 3 is 3.03 bits per heavy atom. The lowest BCUT2D eigenvalue weighted by molar-refractivity contribution is 0.0644. The summed E-state index contributed by atoms with van der Waals surface area (Å²) >= 11 is 0. The van der Waals surface area contributed by atoms with Crippen molar-refractivity contribution in [2.24, 2.45) is 0 Å². The van der Waals surface area contributed by atoms with Gasteiger partial charge in [-0.15, -0.1) is 10.2 Å². The van der Waals surface area contributed by atoms with Crippen LogP contribution in [0.1, 0.15) is 58.5 Å². The number of halogens is 1. The lowest BCUT2D eigenvalue weighted by Crippen LogP contribution is -2.41. The molecule has 1 fully saturated rings. The molecule has 10 heteroatoms. The first-order valence-electron chi connectivity index (χ1n) is 9.49. The number of nitrogens with one attached hydrogen (secondary N) is 1. The van der Waals surface area contributed by atoms with Crippen molar-refractivity contribution in [2.75, 3.05) is 6.54 Å². The van der Waals surface area contributed by atoms with Crippen molar-refractivity contribution in [1.29, 1.82) is 0 Å². The van der Waals surface area contributed by atoms with Crippen LogP contribution in [-0.4, -0.2) is 47.1 Å². The fourth-order valence-corrected chi connectivity index (χ4v) is 3.85. The predicted molar refractivity (Wildman–Crippen MR) is 96.6 cm³/mol. The van der Waals surface area contributed by atoms with Crippen molar-refractivity contribution in [3.63, 3.8) is 0 Å². The molecule has 0 aromatic carbocycles. The fourth-order valence-electron chi connectivity index (χ4n) is 3.85. The molecule has 9 nitrogen and oxygen atoms in total. The van der Waals surface area contributed by atoms with Crippen LogP contribution < -0.4 is 0 Å². The predicted octanol–water partition coefficient (Wildman–Crippen LogP) is 2.24. The van der Waals surface area contributed by atoms with E-state index in [2.05, 4.69) is 25.3 Å². The van der Waals surface area contributed by atoms with Crippen LogP contribution in [0.5, 0.6) is 0 Å². The third kappa shape index (κ3) is 2.63. The molecule has 0 bridgehead atoms. The molecular formula is C19H16FN7O2. The van der Waals surface area contributed by atoms with Crippen LogP contribution in [-0.2, 0) is 6.42 Å². The molecule has 2 aliphatic rings. The summed E-state index contributed by atoms with van der Waals surface area (Å²) in [5, 5.41) is 12.5. The van der Waals surface area contributed by atoms with Gasteiger partial charge in [0, 0.05) is 24.6 Å². The smallest absolute Gasteiger partial charge is 0.312 e. The number of nitrogens with zero attached hydrogens (tertiary/aromatic N) is 6. The largest absolute Gasteiger partial charge is 0.417 e. The molecule has 4 aromatic rings. The number of fused-ring (bicyclic) bond motifs is 2. The summed E-state index contributed by atoms with van der Waals surface area (Å²) < 4.78 is 20.7. The van der Waals surface area contributed by atoms with Crippen LogP contribution in [0, 0.1) is 5.82 Å². The summed E-state index contributed by atoms with van der Waals surface area (Å²) in [7, 11) is 0. The van der Waals surface area contributed by atoms with E-state index in [1.807, 2.05) is 6.07 Å². The van der Waals surface area contributed by atoms with E-state index in [1.54, 1.807) is 17.3 Å². The summed E-state index contributed by atoms with van der Waals surface area (Å²) in [6, 6.07) is 4.32. The van der Waals surface area contributed by atoms with Gasteiger partial charge in [-0.25, -0.2) is 13.9 Å². The van der Waals surface area contributed by atoms with E-state index >= 15 is 0 Å². The molecule has 1 amide bonds. The maximum Gasteiger partial charge on any atom is 0.312 e. The second-order valence-corrected chi connectivity index (χ2v) is 7.42. The molecule has 0 saturated heterocycles. The molecule has 6 rings (SSSR count). The number of amides is 1. The SMILES string of the molecule is O=C(c1nnc(C2CC2)o1)N1CCc2[nH]cnc2[C@@H]1c1cc2ccc(F)cn2n1. The van der Waals surface area contributed by atoms with Gasteiger partial charge in [-0.3, -0.25) is 4.79 Å². The third-order valence-electron chi connectivity index (χ3n) is 5.46. The quantitative estimate of drug-likeness (QED) is 0.572. The van der Waals surface area contributed by atoms with Gasteiger partial charge in [-0.05, 0) is 31.0 Å². The van der Waals surface area contributed by atoms with Gasteiger partial charge in [-0.1, -0.05) is 0 Å². The van der Waals surface area contributed by atoms with Crippen molar-refractivity contribution in [1.82, 2.24) is 34.7 Å². The fraction of sp³-hybridized carbons (Fsp3) is 0.316. The minimum Gasteiger partial charge on any atom is -0.417 e. The number of carbonyl (C=O) groups is 1. The van der Waals surface area contributed by atoms with Crippen LogP contribution in [0.3, 0.4) is 0 Å². The number of pyridine rings is 1.